The summed E-state index contributed by atoms with van der Waals surface area (Å²) in [5, 5.41) is 11.2. The first-order chi connectivity index (χ1) is 7.50. The van der Waals surface area contributed by atoms with Crippen molar-refractivity contribution in [3.63, 3.8) is 0 Å². The number of amides is 1. The molecular formula is C11H9F2NO2. The summed E-state index contributed by atoms with van der Waals surface area (Å²) in [6.07, 6.45) is 0. The van der Waals surface area contributed by atoms with Gasteiger partial charge in [-0.05, 0) is 0 Å². The second-order valence-corrected chi connectivity index (χ2v) is 3.00. The van der Waals surface area contributed by atoms with Crippen LogP contribution in [0.15, 0.2) is 12.1 Å². The van der Waals surface area contributed by atoms with Crippen molar-refractivity contribution >= 4 is 5.91 Å². The van der Waals surface area contributed by atoms with Gasteiger partial charge in [-0.1, -0.05) is 11.8 Å². The summed E-state index contributed by atoms with van der Waals surface area (Å²) < 4.78 is 26.2. The van der Waals surface area contributed by atoms with Gasteiger partial charge in [0.05, 0.1) is 12.1 Å². The van der Waals surface area contributed by atoms with Crippen LogP contribution in [0.3, 0.4) is 0 Å². The average molecular weight is 225 g/mol. The third-order valence-corrected chi connectivity index (χ3v) is 1.67. The number of hydrogen-bond acceptors (Lipinski definition) is 2. The average Bonchev–Trinajstić information content (AvgIpc) is 2.14. The van der Waals surface area contributed by atoms with E-state index in [4.69, 9.17) is 5.11 Å². The summed E-state index contributed by atoms with van der Waals surface area (Å²) in [5.74, 6) is 1.98. The number of hydrogen-bond donors (Lipinski definition) is 2. The molecule has 0 saturated heterocycles. The molecule has 0 aliphatic carbocycles. The molecule has 3 nitrogen and oxygen atoms in total. The van der Waals surface area contributed by atoms with E-state index in [-0.39, 0.29) is 12.5 Å². The van der Waals surface area contributed by atoms with Crippen molar-refractivity contribution in [1.82, 2.24) is 5.32 Å². The number of carbonyl (C=O) groups is 1. The van der Waals surface area contributed by atoms with Crippen LogP contribution in [0.2, 0.25) is 0 Å². The normalized spacial score (nSPS) is 9.19. The molecule has 0 aliphatic heterocycles. The van der Waals surface area contributed by atoms with Gasteiger partial charge in [0.15, 0.2) is 0 Å². The molecule has 0 bridgehead atoms. The minimum Gasteiger partial charge on any atom is -0.508 e. The summed E-state index contributed by atoms with van der Waals surface area (Å²) in [4.78, 5) is 10.5. The van der Waals surface area contributed by atoms with Crippen LogP contribution in [-0.2, 0) is 4.79 Å². The third-order valence-electron chi connectivity index (χ3n) is 1.67. The second-order valence-electron chi connectivity index (χ2n) is 3.00. The van der Waals surface area contributed by atoms with Crippen molar-refractivity contribution in [2.45, 2.75) is 6.92 Å². The molecule has 16 heavy (non-hydrogen) atoms. The zero-order valence-corrected chi connectivity index (χ0v) is 8.47. The number of phenols is 1. The first-order valence-corrected chi connectivity index (χ1v) is 4.42. The van der Waals surface area contributed by atoms with Crippen LogP contribution in [0.25, 0.3) is 0 Å². The number of halogens is 2. The van der Waals surface area contributed by atoms with E-state index < -0.39 is 22.9 Å². The van der Waals surface area contributed by atoms with Crippen LogP contribution in [-0.4, -0.2) is 17.6 Å². The van der Waals surface area contributed by atoms with Crippen LogP contribution in [0.4, 0.5) is 8.78 Å². The predicted molar refractivity (Wildman–Crippen MR) is 53.6 cm³/mol. The molecule has 1 aromatic carbocycles. The lowest BCUT2D eigenvalue weighted by Crippen LogP contribution is -2.19. The quantitative estimate of drug-likeness (QED) is 0.704. The Labute approximate surface area is 91.1 Å². The van der Waals surface area contributed by atoms with Crippen molar-refractivity contribution in [3.8, 4) is 17.6 Å². The van der Waals surface area contributed by atoms with Gasteiger partial charge in [0.25, 0.3) is 0 Å². The molecule has 1 amide bonds. The first kappa shape index (κ1) is 12.0. The molecule has 84 valence electrons. The zero-order valence-electron chi connectivity index (χ0n) is 8.47. The van der Waals surface area contributed by atoms with Crippen molar-refractivity contribution in [2.24, 2.45) is 0 Å². The molecule has 0 fully saturated rings. The van der Waals surface area contributed by atoms with E-state index in [2.05, 4.69) is 17.2 Å². The molecular weight excluding hydrogens is 216 g/mol. The Hall–Kier alpha value is -2.09. The molecule has 5 heteroatoms. The molecule has 0 spiro atoms. The van der Waals surface area contributed by atoms with E-state index in [0.717, 1.165) is 12.1 Å². The number of phenolic OH excluding ortho intramolecular Hbond substituents is 1. The third kappa shape index (κ3) is 3.24. The maximum atomic E-state index is 13.1. The Morgan fingerprint density at radius 1 is 1.44 bits per heavy atom. The van der Waals surface area contributed by atoms with Crippen LogP contribution in [0, 0.1) is 23.5 Å². The Bertz CT molecular complexity index is 452. The van der Waals surface area contributed by atoms with Gasteiger partial charge < -0.3 is 10.4 Å². The summed E-state index contributed by atoms with van der Waals surface area (Å²) in [7, 11) is 0. The Morgan fingerprint density at radius 2 is 2.00 bits per heavy atom. The van der Waals surface area contributed by atoms with E-state index in [1.54, 1.807) is 0 Å². The Balaban J connectivity index is 2.84. The number of benzene rings is 1. The van der Waals surface area contributed by atoms with Crippen LogP contribution < -0.4 is 5.32 Å². The van der Waals surface area contributed by atoms with Gasteiger partial charge >= 0.3 is 0 Å². The van der Waals surface area contributed by atoms with Crippen molar-refractivity contribution in [3.05, 3.63) is 29.3 Å². The Morgan fingerprint density at radius 3 is 2.50 bits per heavy atom. The van der Waals surface area contributed by atoms with Crippen molar-refractivity contribution in [2.75, 3.05) is 6.54 Å². The van der Waals surface area contributed by atoms with Gasteiger partial charge in [0.2, 0.25) is 5.91 Å². The molecule has 0 atom stereocenters. The van der Waals surface area contributed by atoms with E-state index in [0.29, 0.717) is 0 Å². The number of nitrogens with one attached hydrogen (secondary N) is 1. The predicted octanol–water partition coefficient (Wildman–Crippen LogP) is 1.16. The standard InChI is InChI=1S/C11H9F2NO2/c1-7(15)14-4-2-3-9-10(12)5-8(16)6-11(9)13/h5-6,16H,4H2,1H3,(H,14,15). The lowest BCUT2D eigenvalue weighted by Gasteiger charge is -1.98. The fraction of sp³-hybridized carbons (Fsp3) is 0.182. The van der Waals surface area contributed by atoms with Gasteiger partial charge in [-0.25, -0.2) is 8.78 Å². The van der Waals surface area contributed by atoms with Crippen molar-refractivity contribution < 1.29 is 18.7 Å². The maximum absolute atomic E-state index is 13.1. The molecule has 0 saturated carbocycles. The smallest absolute Gasteiger partial charge is 0.217 e. The van der Waals surface area contributed by atoms with Gasteiger partial charge in [0.1, 0.15) is 17.4 Å². The second kappa shape index (κ2) is 5.12. The monoisotopic (exact) mass is 225 g/mol. The molecule has 0 aromatic heterocycles. The van der Waals surface area contributed by atoms with E-state index in [1.165, 1.54) is 6.92 Å². The highest BCUT2D eigenvalue weighted by atomic mass is 19.1. The van der Waals surface area contributed by atoms with E-state index in [9.17, 15) is 13.6 Å². The van der Waals surface area contributed by atoms with Crippen LogP contribution in [0.5, 0.6) is 5.75 Å². The summed E-state index contributed by atoms with van der Waals surface area (Å²) in [6.45, 7) is 1.32. The van der Waals surface area contributed by atoms with Gasteiger partial charge in [-0.15, -0.1) is 0 Å². The van der Waals surface area contributed by atoms with Crippen molar-refractivity contribution in [1.29, 1.82) is 0 Å². The largest absolute Gasteiger partial charge is 0.508 e. The zero-order chi connectivity index (χ0) is 12.1. The minimum atomic E-state index is -0.937. The van der Waals surface area contributed by atoms with Gasteiger partial charge in [-0.2, -0.15) is 0 Å². The highest BCUT2D eigenvalue weighted by Gasteiger charge is 2.07. The fourth-order valence-corrected chi connectivity index (χ4v) is 0.980. The summed E-state index contributed by atoms with van der Waals surface area (Å²) in [5.41, 5.74) is -0.428. The number of aromatic hydroxyl groups is 1. The molecule has 0 heterocycles. The summed E-state index contributed by atoms with van der Waals surface area (Å²) >= 11 is 0. The highest BCUT2D eigenvalue weighted by Crippen LogP contribution is 2.18. The lowest BCUT2D eigenvalue weighted by molar-refractivity contribution is -0.118. The first-order valence-electron chi connectivity index (χ1n) is 4.42. The number of rotatable bonds is 1. The molecule has 1 aromatic rings. The lowest BCUT2D eigenvalue weighted by atomic mass is 10.2. The minimum absolute atomic E-state index is 0.00902. The summed E-state index contributed by atoms with van der Waals surface area (Å²) in [6, 6.07) is 1.54. The van der Waals surface area contributed by atoms with Crippen LogP contribution in [0.1, 0.15) is 12.5 Å². The molecule has 0 aliphatic rings. The van der Waals surface area contributed by atoms with Crippen LogP contribution >= 0.6 is 0 Å². The Kier molecular flexibility index (Phi) is 3.84. The molecule has 0 unspecified atom stereocenters. The van der Waals surface area contributed by atoms with Gasteiger partial charge in [-0.3, -0.25) is 4.79 Å². The van der Waals surface area contributed by atoms with E-state index in [1.807, 2.05) is 0 Å². The SMILES string of the molecule is CC(=O)NCC#Cc1c(F)cc(O)cc1F. The fourth-order valence-electron chi connectivity index (χ4n) is 0.980. The molecule has 1 rings (SSSR count). The number of carbonyl (C=O) groups excluding carboxylic acids is 1. The van der Waals surface area contributed by atoms with Gasteiger partial charge in [0, 0.05) is 19.1 Å². The van der Waals surface area contributed by atoms with E-state index >= 15 is 0 Å². The maximum Gasteiger partial charge on any atom is 0.217 e. The molecule has 0 radical (unpaired) electrons. The highest BCUT2D eigenvalue weighted by molar-refractivity contribution is 5.73. The topological polar surface area (TPSA) is 49.3 Å². The molecule has 2 N–H and O–H groups in total.